The van der Waals surface area contributed by atoms with Crippen LogP contribution in [0.2, 0.25) is 0 Å². The Morgan fingerprint density at radius 2 is 0.557 bits per heavy atom. The molecule has 0 N–H and O–H groups in total. The van der Waals surface area contributed by atoms with E-state index in [0.717, 1.165) is 96.3 Å². The van der Waals surface area contributed by atoms with E-state index in [-0.39, 0.29) is 31.1 Å². The van der Waals surface area contributed by atoms with Crippen LogP contribution in [0.5, 0.6) is 0 Å². The van der Waals surface area contributed by atoms with E-state index in [1.807, 2.05) is 0 Å². The van der Waals surface area contributed by atoms with Crippen LogP contribution in [0.4, 0.5) is 0 Å². The maximum atomic E-state index is 12.9. The second-order valence-electron chi connectivity index (χ2n) is 19.9. The van der Waals surface area contributed by atoms with Gasteiger partial charge in [-0.2, -0.15) is 0 Å². The van der Waals surface area contributed by atoms with Crippen LogP contribution in [0.15, 0.2) is 72.9 Å². The standard InChI is InChI=1S/C64H112O6/c1-4-7-10-13-16-19-22-25-28-30-31-32-33-34-37-39-42-45-48-51-54-57-63(66)69-60-61(59-68-62(65)56-53-50-47-44-41-38-35-27-24-21-18-15-12-9-6-3)70-64(67)58-55-52-49-46-43-40-36-29-26-23-20-17-14-11-8-5-2/h7,10,16,19,25,28,31-32,34,37,42,45,61H,4-6,8-9,11-15,17-18,20-24,26-27,29-30,33,35-36,38-41,43-44,46-60H2,1-3H3/b10-7-,19-16-,28-25-,32-31-,37-34-,45-42-. The molecule has 6 nitrogen and oxygen atoms in total. The van der Waals surface area contributed by atoms with E-state index in [1.165, 1.54) is 161 Å². The number of esters is 3. The second kappa shape index (κ2) is 58.4. The van der Waals surface area contributed by atoms with Gasteiger partial charge in [-0.25, -0.2) is 0 Å². The SMILES string of the molecule is CC/C=C\C/C=C\C/C=C\C/C=C\C/C=C\C/C=C\CCCCC(=O)OCC(COC(=O)CCCCCCCCCCCCCCCCC)OC(=O)CCCCCCCCCCCCCCCCCC. The third-order valence-electron chi connectivity index (χ3n) is 13.0. The highest BCUT2D eigenvalue weighted by molar-refractivity contribution is 5.71. The molecule has 1 atom stereocenters. The van der Waals surface area contributed by atoms with Crippen LogP contribution in [0.3, 0.4) is 0 Å². The van der Waals surface area contributed by atoms with Gasteiger partial charge in [-0.1, -0.05) is 280 Å². The first-order valence-corrected chi connectivity index (χ1v) is 29.9. The zero-order valence-electron chi connectivity index (χ0n) is 46.3. The maximum Gasteiger partial charge on any atom is 0.306 e. The summed E-state index contributed by atoms with van der Waals surface area (Å²) in [7, 11) is 0. The lowest BCUT2D eigenvalue weighted by molar-refractivity contribution is -0.167. The first-order valence-electron chi connectivity index (χ1n) is 29.9. The largest absolute Gasteiger partial charge is 0.462 e. The molecule has 0 bridgehead atoms. The Bertz CT molecular complexity index is 1310. The van der Waals surface area contributed by atoms with Crippen LogP contribution < -0.4 is 0 Å². The third-order valence-corrected chi connectivity index (χ3v) is 13.0. The molecule has 0 heterocycles. The monoisotopic (exact) mass is 977 g/mol. The molecule has 1 unspecified atom stereocenters. The van der Waals surface area contributed by atoms with Crippen LogP contribution in [-0.4, -0.2) is 37.2 Å². The molecule has 404 valence electrons. The van der Waals surface area contributed by atoms with Gasteiger partial charge in [-0.3, -0.25) is 14.4 Å². The van der Waals surface area contributed by atoms with Gasteiger partial charge in [0.25, 0.3) is 0 Å². The minimum Gasteiger partial charge on any atom is -0.462 e. The number of hydrogen-bond acceptors (Lipinski definition) is 6. The number of carbonyl (C=O) groups excluding carboxylic acids is 3. The minimum atomic E-state index is -0.790. The first-order chi connectivity index (χ1) is 34.5. The fourth-order valence-electron chi connectivity index (χ4n) is 8.51. The summed E-state index contributed by atoms with van der Waals surface area (Å²) in [6, 6.07) is 0. The van der Waals surface area contributed by atoms with Crippen molar-refractivity contribution in [3.05, 3.63) is 72.9 Å². The van der Waals surface area contributed by atoms with E-state index >= 15 is 0 Å². The lowest BCUT2D eigenvalue weighted by atomic mass is 10.0. The lowest BCUT2D eigenvalue weighted by Crippen LogP contribution is -2.30. The number of allylic oxidation sites excluding steroid dienone is 12. The van der Waals surface area contributed by atoms with Crippen LogP contribution >= 0.6 is 0 Å². The molecular formula is C64H112O6. The van der Waals surface area contributed by atoms with Gasteiger partial charge in [0.2, 0.25) is 0 Å². The van der Waals surface area contributed by atoms with Gasteiger partial charge in [-0.05, 0) is 70.6 Å². The van der Waals surface area contributed by atoms with E-state index in [1.54, 1.807) is 0 Å². The average molecular weight is 978 g/mol. The summed E-state index contributed by atoms with van der Waals surface area (Å²) >= 11 is 0. The summed E-state index contributed by atoms with van der Waals surface area (Å²) in [6.07, 6.45) is 74.7. The van der Waals surface area contributed by atoms with E-state index in [9.17, 15) is 14.4 Å². The van der Waals surface area contributed by atoms with Crippen molar-refractivity contribution in [3.8, 4) is 0 Å². The fourth-order valence-corrected chi connectivity index (χ4v) is 8.51. The minimum absolute atomic E-state index is 0.0851. The van der Waals surface area contributed by atoms with Gasteiger partial charge in [0.15, 0.2) is 6.10 Å². The maximum absolute atomic E-state index is 12.9. The Morgan fingerprint density at radius 3 is 0.871 bits per heavy atom. The van der Waals surface area contributed by atoms with Crippen LogP contribution in [0.25, 0.3) is 0 Å². The normalized spacial score (nSPS) is 12.6. The summed E-state index contributed by atoms with van der Waals surface area (Å²) in [5.74, 6) is -0.916. The molecule has 0 aliphatic rings. The molecule has 0 aliphatic heterocycles. The Labute approximate surface area is 433 Å². The van der Waals surface area contributed by atoms with Crippen molar-refractivity contribution in [1.29, 1.82) is 0 Å². The molecule has 0 aromatic heterocycles. The molecule has 0 aromatic rings. The summed E-state index contributed by atoms with van der Waals surface area (Å²) in [6.45, 7) is 6.53. The quantitative estimate of drug-likeness (QED) is 0.0261. The van der Waals surface area contributed by atoms with Crippen molar-refractivity contribution in [2.45, 2.75) is 303 Å². The summed E-state index contributed by atoms with van der Waals surface area (Å²) < 4.78 is 16.9. The van der Waals surface area contributed by atoms with E-state index in [4.69, 9.17) is 14.2 Å². The van der Waals surface area contributed by atoms with E-state index in [2.05, 4.69) is 93.7 Å². The fraction of sp³-hybridized carbons (Fsp3) is 0.766. The van der Waals surface area contributed by atoms with Gasteiger partial charge >= 0.3 is 17.9 Å². The number of rotatable bonds is 54. The smallest absolute Gasteiger partial charge is 0.306 e. The van der Waals surface area contributed by atoms with Crippen molar-refractivity contribution >= 4 is 17.9 Å². The number of carbonyl (C=O) groups is 3. The molecule has 0 amide bonds. The van der Waals surface area contributed by atoms with Crippen molar-refractivity contribution in [3.63, 3.8) is 0 Å². The summed E-state index contributed by atoms with van der Waals surface area (Å²) in [5, 5.41) is 0. The lowest BCUT2D eigenvalue weighted by Gasteiger charge is -2.18. The molecule has 70 heavy (non-hydrogen) atoms. The van der Waals surface area contributed by atoms with Crippen molar-refractivity contribution in [2.75, 3.05) is 13.2 Å². The Balaban J connectivity index is 4.43. The first kappa shape index (κ1) is 66.9. The van der Waals surface area contributed by atoms with Crippen molar-refractivity contribution in [1.82, 2.24) is 0 Å². The van der Waals surface area contributed by atoms with Crippen LogP contribution in [0.1, 0.15) is 297 Å². The Kier molecular flexibility index (Phi) is 55.8. The average Bonchev–Trinajstić information content (AvgIpc) is 3.36. The van der Waals surface area contributed by atoms with Crippen LogP contribution in [0, 0.1) is 0 Å². The van der Waals surface area contributed by atoms with Gasteiger partial charge in [0.1, 0.15) is 13.2 Å². The molecule has 0 fully saturated rings. The Morgan fingerprint density at radius 1 is 0.300 bits per heavy atom. The number of ether oxygens (including phenoxy) is 3. The summed E-state index contributed by atoms with van der Waals surface area (Å²) in [4.78, 5) is 38.2. The predicted molar refractivity (Wildman–Crippen MR) is 302 cm³/mol. The zero-order chi connectivity index (χ0) is 50.7. The van der Waals surface area contributed by atoms with E-state index in [0.29, 0.717) is 19.3 Å². The predicted octanol–water partition coefficient (Wildman–Crippen LogP) is 20.2. The highest BCUT2D eigenvalue weighted by Gasteiger charge is 2.19. The molecule has 0 aliphatic carbocycles. The molecule has 0 rings (SSSR count). The third kappa shape index (κ3) is 55.8. The highest BCUT2D eigenvalue weighted by Crippen LogP contribution is 2.17. The number of hydrogen-bond donors (Lipinski definition) is 0. The molecule has 0 radical (unpaired) electrons. The molecule has 0 saturated heterocycles. The second-order valence-corrected chi connectivity index (χ2v) is 19.9. The van der Waals surface area contributed by atoms with Crippen molar-refractivity contribution < 1.29 is 28.6 Å². The molecule has 0 saturated carbocycles. The summed E-state index contributed by atoms with van der Waals surface area (Å²) in [5.41, 5.74) is 0. The zero-order valence-corrected chi connectivity index (χ0v) is 46.3. The van der Waals surface area contributed by atoms with Crippen molar-refractivity contribution in [2.24, 2.45) is 0 Å². The molecule has 0 aromatic carbocycles. The van der Waals surface area contributed by atoms with Gasteiger partial charge in [0, 0.05) is 19.3 Å². The molecular weight excluding hydrogens is 865 g/mol. The van der Waals surface area contributed by atoms with Crippen LogP contribution in [-0.2, 0) is 28.6 Å². The molecule has 0 spiro atoms. The van der Waals surface area contributed by atoms with E-state index < -0.39 is 6.10 Å². The Hall–Kier alpha value is -3.15. The van der Waals surface area contributed by atoms with Gasteiger partial charge < -0.3 is 14.2 Å². The van der Waals surface area contributed by atoms with Gasteiger partial charge in [-0.15, -0.1) is 0 Å². The topological polar surface area (TPSA) is 78.9 Å². The number of unbranched alkanes of at least 4 members (excludes halogenated alkanes) is 31. The van der Waals surface area contributed by atoms with Gasteiger partial charge in [0.05, 0.1) is 0 Å². The highest BCUT2D eigenvalue weighted by atomic mass is 16.6. The molecule has 6 heteroatoms.